The minimum atomic E-state index is -0.199. The summed E-state index contributed by atoms with van der Waals surface area (Å²) in [6, 6.07) is 18.6. The summed E-state index contributed by atoms with van der Waals surface area (Å²) in [6.45, 7) is 2.85. The minimum Gasteiger partial charge on any atom is -0.487 e. The first-order chi connectivity index (χ1) is 16.1. The van der Waals surface area contributed by atoms with Gasteiger partial charge in [-0.1, -0.05) is 19.1 Å². The van der Waals surface area contributed by atoms with E-state index in [1.54, 1.807) is 17.0 Å². The van der Waals surface area contributed by atoms with Gasteiger partial charge in [0.1, 0.15) is 18.0 Å². The first-order valence-electron chi connectivity index (χ1n) is 11.0. The van der Waals surface area contributed by atoms with Crippen molar-refractivity contribution >= 4 is 28.8 Å². The third kappa shape index (κ3) is 4.30. The third-order valence-corrected chi connectivity index (χ3v) is 5.73. The molecule has 0 fully saturated rings. The van der Waals surface area contributed by atoms with Crippen LogP contribution in [0.3, 0.4) is 0 Å². The number of anilines is 2. The van der Waals surface area contributed by atoms with E-state index in [-0.39, 0.29) is 11.8 Å². The van der Waals surface area contributed by atoms with Gasteiger partial charge >= 0.3 is 0 Å². The summed E-state index contributed by atoms with van der Waals surface area (Å²) < 4.78 is 7.84. The van der Waals surface area contributed by atoms with E-state index >= 15 is 0 Å². The number of carbonyl (C=O) groups excluding carboxylic acids is 2. The zero-order valence-corrected chi connectivity index (χ0v) is 18.3. The molecule has 7 nitrogen and oxygen atoms in total. The number of benzene rings is 2. The van der Waals surface area contributed by atoms with Crippen LogP contribution in [0.4, 0.5) is 11.4 Å². The Morgan fingerprint density at radius 1 is 1.09 bits per heavy atom. The van der Waals surface area contributed by atoms with E-state index in [0.29, 0.717) is 36.6 Å². The van der Waals surface area contributed by atoms with E-state index in [1.165, 1.54) is 0 Å². The number of rotatable bonds is 6. The van der Waals surface area contributed by atoms with Crippen molar-refractivity contribution in [2.75, 3.05) is 16.8 Å². The van der Waals surface area contributed by atoms with E-state index in [2.05, 4.69) is 10.3 Å². The fraction of sp³-hybridized carbons (Fsp3) is 0.192. The number of nitrogens with one attached hydrogen (secondary N) is 1. The molecule has 0 unspecified atom stereocenters. The Balaban J connectivity index is 1.25. The SMILES string of the molecule is CCC(=O)N1CCc2cc(C(=O)Nc3cccc(OCc4cn5ccccc5n4)c3)ccc21. The predicted octanol–water partition coefficient (Wildman–Crippen LogP) is 4.46. The quantitative estimate of drug-likeness (QED) is 0.480. The number of carbonyl (C=O) groups is 2. The van der Waals surface area contributed by atoms with E-state index in [0.717, 1.165) is 29.0 Å². The zero-order chi connectivity index (χ0) is 22.8. The van der Waals surface area contributed by atoms with Gasteiger partial charge in [-0.15, -0.1) is 0 Å². The van der Waals surface area contributed by atoms with Gasteiger partial charge in [-0.25, -0.2) is 4.98 Å². The Labute approximate surface area is 191 Å². The lowest BCUT2D eigenvalue weighted by atomic mass is 10.1. The number of amides is 2. The van der Waals surface area contributed by atoms with Crippen molar-refractivity contribution in [3.8, 4) is 5.75 Å². The van der Waals surface area contributed by atoms with Crippen molar-refractivity contribution in [2.24, 2.45) is 0 Å². The number of hydrogen-bond acceptors (Lipinski definition) is 4. The van der Waals surface area contributed by atoms with Gasteiger partial charge in [0.05, 0.1) is 5.69 Å². The number of ether oxygens (including phenoxy) is 1. The van der Waals surface area contributed by atoms with Gasteiger partial charge in [-0.3, -0.25) is 9.59 Å². The van der Waals surface area contributed by atoms with E-state index in [1.807, 2.05) is 72.2 Å². The Morgan fingerprint density at radius 2 is 2.00 bits per heavy atom. The van der Waals surface area contributed by atoms with Gasteiger partial charge in [0.2, 0.25) is 5.91 Å². The Hall–Kier alpha value is -4.13. The van der Waals surface area contributed by atoms with E-state index < -0.39 is 0 Å². The van der Waals surface area contributed by atoms with Crippen LogP contribution in [0.15, 0.2) is 73.1 Å². The number of hydrogen-bond donors (Lipinski definition) is 1. The molecule has 7 heteroatoms. The number of pyridine rings is 1. The molecule has 166 valence electrons. The molecule has 0 saturated carbocycles. The average Bonchev–Trinajstić information content (AvgIpc) is 3.46. The monoisotopic (exact) mass is 440 g/mol. The second-order valence-corrected chi connectivity index (χ2v) is 7.96. The van der Waals surface area contributed by atoms with E-state index in [9.17, 15) is 9.59 Å². The van der Waals surface area contributed by atoms with Crippen molar-refractivity contribution in [1.82, 2.24) is 9.38 Å². The molecule has 0 spiro atoms. The minimum absolute atomic E-state index is 0.103. The second kappa shape index (κ2) is 8.78. The molecule has 2 aromatic heterocycles. The Kier molecular flexibility index (Phi) is 5.52. The number of fused-ring (bicyclic) bond motifs is 2. The maximum atomic E-state index is 12.8. The summed E-state index contributed by atoms with van der Waals surface area (Å²) in [4.78, 5) is 31.2. The lowest BCUT2D eigenvalue weighted by Crippen LogP contribution is -2.27. The molecule has 0 atom stereocenters. The topological polar surface area (TPSA) is 75.9 Å². The highest BCUT2D eigenvalue weighted by Crippen LogP contribution is 2.30. The van der Waals surface area contributed by atoms with Crippen molar-refractivity contribution in [1.29, 1.82) is 0 Å². The van der Waals surface area contributed by atoms with Crippen LogP contribution < -0.4 is 15.0 Å². The number of imidazole rings is 1. The number of aromatic nitrogens is 2. The first-order valence-corrected chi connectivity index (χ1v) is 11.0. The summed E-state index contributed by atoms with van der Waals surface area (Å²) in [5, 5.41) is 2.94. The van der Waals surface area contributed by atoms with Crippen LogP contribution in [0.2, 0.25) is 0 Å². The molecule has 0 radical (unpaired) electrons. The average molecular weight is 441 g/mol. The van der Waals surface area contributed by atoms with Crippen LogP contribution >= 0.6 is 0 Å². The molecular weight excluding hydrogens is 416 g/mol. The van der Waals surface area contributed by atoms with Crippen molar-refractivity contribution in [3.63, 3.8) is 0 Å². The molecule has 2 aromatic carbocycles. The van der Waals surface area contributed by atoms with Gasteiger partial charge in [0, 0.05) is 48.4 Å². The predicted molar refractivity (Wildman–Crippen MR) is 127 cm³/mol. The van der Waals surface area contributed by atoms with Gasteiger partial charge < -0.3 is 19.4 Å². The fourth-order valence-corrected chi connectivity index (χ4v) is 4.07. The molecule has 0 saturated heterocycles. The van der Waals surface area contributed by atoms with Crippen LogP contribution in [0.5, 0.6) is 5.75 Å². The summed E-state index contributed by atoms with van der Waals surface area (Å²) in [5.41, 5.74) is 4.83. The second-order valence-electron chi connectivity index (χ2n) is 7.96. The van der Waals surface area contributed by atoms with Crippen LogP contribution in [0.1, 0.15) is 35.0 Å². The molecule has 0 bridgehead atoms. The standard InChI is InChI=1S/C26H24N4O3/c1-2-25(31)30-13-11-18-14-19(9-10-23(18)30)26(32)28-20-6-5-7-22(15-20)33-17-21-16-29-12-4-3-8-24(29)27-21/h3-10,12,14-16H,2,11,13,17H2,1H3,(H,28,32). The summed E-state index contributed by atoms with van der Waals surface area (Å²) >= 11 is 0. The highest BCUT2D eigenvalue weighted by atomic mass is 16.5. The summed E-state index contributed by atoms with van der Waals surface area (Å²) in [5.74, 6) is 0.550. The van der Waals surface area contributed by atoms with Crippen LogP contribution in [0, 0.1) is 0 Å². The highest BCUT2D eigenvalue weighted by molar-refractivity contribution is 6.05. The molecule has 0 aliphatic carbocycles. The van der Waals surface area contributed by atoms with E-state index in [4.69, 9.17) is 4.74 Å². The van der Waals surface area contributed by atoms with Crippen LogP contribution in [-0.2, 0) is 17.8 Å². The molecule has 3 heterocycles. The molecule has 5 rings (SSSR count). The molecule has 33 heavy (non-hydrogen) atoms. The fourth-order valence-electron chi connectivity index (χ4n) is 4.07. The van der Waals surface area contributed by atoms with Crippen LogP contribution in [-0.4, -0.2) is 27.7 Å². The zero-order valence-electron chi connectivity index (χ0n) is 18.3. The molecule has 1 aliphatic heterocycles. The number of nitrogens with zero attached hydrogens (tertiary/aromatic N) is 3. The largest absolute Gasteiger partial charge is 0.487 e. The molecular formula is C26H24N4O3. The summed E-state index contributed by atoms with van der Waals surface area (Å²) in [6.07, 6.45) is 5.11. The van der Waals surface area contributed by atoms with Crippen molar-refractivity contribution in [3.05, 3.63) is 89.9 Å². The normalized spacial score (nSPS) is 12.6. The van der Waals surface area contributed by atoms with Crippen LogP contribution in [0.25, 0.3) is 5.65 Å². The summed E-state index contributed by atoms with van der Waals surface area (Å²) in [7, 11) is 0. The maximum absolute atomic E-state index is 12.8. The third-order valence-electron chi connectivity index (χ3n) is 5.73. The highest BCUT2D eigenvalue weighted by Gasteiger charge is 2.24. The van der Waals surface area contributed by atoms with Gasteiger partial charge in [0.15, 0.2) is 0 Å². The molecule has 2 amide bonds. The van der Waals surface area contributed by atoms with Gasteiger partial charge in [-0.2, -0.15) is 0 Å². The van der Waals surface area contributed by atoms with Gasteiger partial charge in [-0.05, 0) is 54.4 Å². The van der Waals surface area contributed by atoms with Crippen molar-refractivity contribution in [2.45, 2.75) is 26.4 Å². The maximum Gasteiger partial charge on any atom is 0.255 e. The molecule has 1 aliphatic rings. The molecule has 1 N–H and O–H groups in total. The molecule has 4 aromatic rings. The van der Waals surface area contributed by atoms with Crippen molar-refractivity contribution < 1.29 is 14.3 Å². The Morgan fingerprint density at radius 3 is 2.85 bits per heavy atom. The lowest BCUT2D eigenvalue weighted by molar-refractivity contribution is -0.118. The Bertz CT molecular complexity index is 1310. The smallest absolute Gasteiger partial charge is 0.255 e. The van der Waals surface area contributed by atoms with Gasteiger partial charge in [0.25, 0.3) is 5.91 Å². The first kappa shape index (κ1) is 20.8. The lowest BCUT2D eigenvalue weighted by Gasteiger charge is -2.16.